The minimum atomic E-state index is 0.497. The standard InChI is InChI=1S/C11H20N4S/c1-2-10-14-15-11(16-10)13-9-6-4-3-5-8(9)7-12/h8-9H,2-7,12H2,1H3,(H,13,15). The van der Waals surface area contributed by atoms with Crippen LogP contribution in [0.5, 0.6) is 0 Å². The highest BCUT2D eigenvalue weighted by molar-refractivity contribution is 7.15. The Morgan fingerprint density at radius 3 is 2.88 bits per heavy atom. The van der Waals surface area contributed by atoms with Crippen LogP contribution in [0.4, 0.5) is 5.13 Å². The molecule has 0 spiro atoms. The van der Waals surface area contributed by atoms with Gasteiger partial charge in [0, 0.05) is 6.04 Å². The molecule has 0 radical (unpaired) electrons. The first-order valence-corrected chi connectivity index (χ1v) is 6.94. The molecule has 1 aromatic rings. The molecule has 1 aliphatic rings. The van der Waals surface area contributed by atoms with Gasteiger partial charge in [0.15, 0.2) is 0 Å². The Balaban J connectivity index is 1.96. The molecule has 1 fully saturated rings. The normalized spacial score (nSPS) is 25.6. The van der Waals surface area contributed by atoms with Gasteiger partial charge in [0.1, 0.15) is 5.01 Å². The van der Waals surface area contributed by atoms with E-state index in [1.54, 1.807) is 11.3 Å². The van der Waals surface area contributed by atoms with Gasteiger partial charge in [0.25, 0.3) is 0 Å². The highest BCUT2D eigenvalue weighted by Gasteiger charge is 2.24. The Kier molecular flexibility index (Phi) is 4.12. The first-order chi connectivity index (χ1) is 7.83. The van der Waals surface area contributed by atoms with Gasteiger partial charge in [-0.25, -0.2) is 0 Å². The van der Waals surface area contributed by atoms with E-state index in [-0.39, 0.29) is 0 Å². The van der Waals surface area contributed by atoms with Crippen molar-refractivity contribution < 1.29 is 0 Å². The second kappa shape index (κ2) is 5.59. The Morgan fingerprint density at radius 1 is 1.38 bits per heavy atom. The highest BCUT2D eigenvalue weighted by Crippen LogP contribution is 2.27. The van der Waals surface area contributed by atoms with Gasteiger partial charge < -0.3 is 11.1 Å². The van der Waals surface area contributed by atoms with Crippen LogP contribution in [0.15, 0.2) is 0 Å². The lowest BCUT2D eigenvalue weighted by Gasteiger charge is -2.30. The summed E-state index contributed by atoms with van der Waals surface area (Å²) in [5.41, 5.74) is 5.81. The van der Waals surface area contributed by atoms with Crippen LogP contribution >= 0.6 is 11.3 Å². The topological polar surface area (TPSA) is 63.8 Å². The number of nitrogens with one attached hydrogen (secondary N) is 1. The SMILES string of the molecule is CCc1nnc(NC2CCCCC2CN)s1. The van der Waals surface area contributed by atoms with Gasteiger partial charge in [-0.05, 0) is 31.7 Å². The van der Waals surface area contributed by atoms with Crippen molar-refractivity contribution >= 4 is 16.5 Å². The minimum Gasteiger partial charge on any atom is -0.357 e. The Hall–Kier alpha value is -0.680. The van der Waals surface area contributed by atoms with E-state index in [0.717, 1.165) is 23.1 Å². The number of aromatic nitrogens is 2. The summed E-state index contributed by atoms with van der Waals surface area (Å²) < 4.78 is 0. The zero-order valence-electron chi connectivity index (χ0n) is 9.78. The molecule has 2 atom stereocenters. The second-order valence-electron chi connectivity index (χ2n) is 4.39. The van der Waals surface area contributed by atoms with E-state index >= 15 is 0 Å². The molecule has 5 heteroatoms. The third-order valence-corrected chi connectivity index (χ3v) is 4.29. The Labute approximate surface area is 101 Å². The fourth-order valence-electron chi connectivity index (χ4n) is 2.29. The summed E-state index contributed by atoms with van der Waals surface area (Å²) in [7, 11) is 0. The molecule has 2 rings (SSSR count). The number of rotatable bonds is 4. The molecule has 16 heavy (non-hydrogen) atoms. The third-order valence-electron chi connectivity index (χ3n) is 3.29. The van der Waals surface area contributed by atoms with Crippen molar-refractivity contribution in [1.29, 1.82) is 0 Å². The van der Waals surface area contributed by atoms with Gasteiger partial charge in [-0.1, -0.05) is 31.1 Å². The maximum Gasteiger partial charge on any atom is 0.205 e. The summed E-state index contributed by atoms with van der Waals surface area (Å²) >= 11 is 1.66. The smallest absolute Gasteiger partial charge is 0.205 e. The van der Waals surface area contributed by atoms with Crippen LogP contribution in [-0.2, 0) is 6.42 Å². The van der Waals surface area contributed by atoms with Crippen LogP contribution in [0, 0.1) is 5.92 Å². The Bertz CT molecular complexity index is 326. The molecule has 0 aliphatic heterocycles. The summed E-state index contributed by atoms with van der Waals surface area (Å²) in [6, 6.07) is 0.497. The zero-order valence-corrected chi connectivity index (χ0v) is 10.6. The summed E-state index contributed by atoms with van der Waals surface area (Å²) in [5.74, 6) is 0.600. The monoisotopic (exact) mass is 240 g/mol. The van der Waals surface area contributed by atoms with Crippen molar-refractivity contribution in [3.05, 3.63) is 5.01 Å². The van der Waals surface area contributed by atoms with Crippen molar-refractivity contribution in [2.45, 2.75) is 45.1 Å². The number of anilines is 1. The van der Waals surface area contributed by atoms with E-state index in [9.17, 15) is 0 Å². The number of nitrogens with two attached hydrogens (primary N) is 1. The van der Waals surface area contributed by atoms with Crippen LogP contribution in [0.2, 0.25) is 0 Å². The maximum atomic E-state index is 5.81. The molecule has 1 aliphatic carbocycles. The number of aryl methyl sites for hydroxylation is 1. The van der Waals surface area contributed by atoms with Gasteiger partial charge in [-0.2, -0.15) is 0 Å². The van der Waals surface area contributed by atoms with Gasteiger partial charge in [-0.3, -0.25) is 0 Å². The van der Waals surface area contributed by atoms with Gasteiger partial charge in [0.05, 0.1) is 0 Å². The van der Waals surface area contributed by atoms with Crippen LogP contribution in [0.25, 0.3) is 0 Å². The van der Waals surface area contributed by atoms with Crippen molar-refractivity contribution in [1.82, 2.24) is 10.2 Å². The molecular formula is C11H20N4S. The lowest BCUT2D eigenvalue weighted by Crippen LogP contribution is -2.36. The average Bonchev–Trinajstić information content (AvgIpc) is 2.77. The summed E-state index contributed by atoms with van der Waals surface area (Å²) in [5, 5.41) is 13.9. The molecule has 1 saturated carbocycles. The minimum absolute atomic E-state index is 0.497. The summed E-state index contributed by atoms with van der Waals surface area (Å²) in [6.45, 7) is 2.88. The predicted molar refractivity (Wildman–Crippen MR) is 67.7 cm³/mol. The van der Waals surface area contributed by atoms with Crippen molar-refractivity contribution in [3.63, 3.8) is 0 Å². The molecule has 3 N–H and O–H groups in total. The molecule has 2 unspecified atom stereocenters. The highest BCUT2D eigenvalue weighted by atomic mass is 32.1. The van der Waals surface area contributed by atoms with Gasteiger partial charge >= 0.3 is 0 Å². The van der Waals surface area contributed by atoms with Crippen molar-refractivity contribution in [2.24, 2.45) is 11.7 Å². The van der Waals surface area contributed by atoms with Gasteiger partial charge in [0.2, 0.25) is 5.13 Å². The average molecular weight is 240 g/mol. The van der Waals surface area contributed by atoms with E-state index in [1.807, 2.05) is 0 Å². The fourth-order valence-corrected chi connectivity index (χ4v) is 3.03. The molecule has 0 bridgehead atoms. The molecule has 1 aromatic heterocycles. The maximum absolute atomic E-state index is 5.81. The largest absolute Gasteiger partial charge is 0.357 e. The lowest BCUT2D eigenvalue weighted by atomic mass is 9.85. The zero-order chi connectivity index (χ0) is 11.4. The first kappa shape index (κ1) is 11.8. The number of hydrogen-bond donors (Lipinski definition) is 2. The van der Waals surface area contributed by atoms with Gasteiger partial charge in [-0.15, -0.1) is 10.2 Å². The quantitative estimate of drug-likeness (QED) is 0.845. The molecular weight excluding hydrogens is 220 g/mol. The molecule has 4 nitrogen and oxygen atoms in total. The molecule has 1 heterocycles. The third kappa shape index (κ3) is 2.71. The van der Waals surface area contributed by atoms with E-state index < -0.39 is 0 Å². The summed E-state index contributed by atoms with van der Waals surface area (Å²) in [4.78, 5) is 0. The lowest BCUT2D eigenvalue weighted by molar-refractivity contribution is 0.332. The van der Waals surface area contributed by atoms with E-state index in [1.165, 1.54) is 25.7 Å². The summed E-state index contributed by atoms with van der Waals surface area (Å²) in [6.07, 6.45) is 6.03. The van der Waals surface area contributed by atoms with E-state index in [4.69, 9.17) is 5.73 Å². The van der Waals surface area contributed by atoms with Crippen molar-refractivity contribution in [3.8, 4) is 0 Å². The number of hydrogen-bond acceptors (Lipinski definition) is 5. The molecule has 0 amide bonds. The Morgan fingerprint density at radius 2 is 2.19 bits per heavy atom. The van der Waals surface area contributed by atoms with Crippen molar-refractivity contribution in [2.75, 3.05) is 11.9 Å². The molecule has 0 saturated heterocycles. The first-order valence-electron chi connectivity index (χ1n) is 6.12. The number of nitrogens with zero attached hydrogens (tertiary/aromatic N) is 2. The molecule has 90 valence electrons. The van der Waals surface area contributed by atoms with Crippen LogP contribution < -0.4 is 11.1 Å². The van der Waals surface area contributed by atoms with Crippen LogP contribution in [0.1, 0.15) is 37.6 Å². The van der Waals surface area contributed by atoms with Crippen LogP contribution in [-0.4, -0.2) is 22.8 Å². The molecule has 0 aromatic carbocycles. The predicted octanol–water partition coefficient (Wildman–Crippen LogP) is 2.03. The van der Waals surface area contributed by atoms with E-state index in [0.29, 0.717) is 12.0 Å². The van der Waals surface area contributed by atoms with E-state index in [2.05, 4.69) is 22.4 Å². The van der Waals surface area contributed by atoms with Crippen LogP contribution in [0.3, 0.4) is 0 Å². The fraction of sp³-hybridized carbons (Fsp3) is 0.818. The second-order valence-corrected chi connectivity index (χ2v) is 5.45.